The van der Waals surface area contributed by atoms with Gasteiger partial charge in [-0.25, -0.2) is 4.79 Å². The third-order valence-corrected chi connectivity index (χ3v) is 5.69. The maximum absolute atomic E-state index is 12.6. The first kappa shape index (κ1) is 18.6. The van der Waals surface area contributed by atoms with Crippen molar-refractivity contribution in [3.8, 4) is 0 Å². The van der Waals surface area contributed by atoms with Crippen molar-refractivity contribution < 1.29 is 14.3 Å². The molecule has 0 bridgehead atoms. The molecule has 1 aliphatic rings. The summed E-state index contributed by atoms with van der Waals surface area (Å²) in [5, 5.41) is 3.52. The number of thiophene rings is 1. The molecule has 0 atom stereocenters. The Labute approximate surface area is 158 Å². The molecule has 1 aliphatic heterocycles. The molecular formula is C20H24N2O3S. The highest BCUT2D eigenvalue weighted by Gasteiger charge is 2.30. The number of carbonyl (C=O) groups is 2. The summed E-state index contributed by atoms with van der Waals surface area (Å²) >= 11 is 1.49. The van der Waals surface area contributed by atoms with Crippen LogP contribution < -0.4 is 5.32 Å². The van der Waals surface area contributed by atoms with Crippen molar-refractivity contribution >= 4 is 28.2 Å². The van der Waals surface area contributed by atoms with Gasteiger partial charge >= 0.3 is 5.97 Å². The normalized spacial score (nSPS) is 14.2. The van der Waals surface area contributed by atoms with Crippen molar-refractivity contribution in [2.45, 2.75) is 39.8 Å². The maximum atomic E-state index is 12.6. The second kappa shape index (κ2) is 8.01. The summed E-state index contributed by atoms with van der Waals surface area (Å²) in [6.07, 6.45) is 0.791. The van der Waals surface area contributed by atoms with Crippen LogP contribution in [0.4, 0.5) is 5.00 Å². The average Bonchev–Trinajstić information content (AvgIpc) is 2.99. The van der Waals surface area contributed by atoms with Gasteiger partial charge in [0.05, 0.1) is 12.2 Å². The smallest absolute Gasteiger partial charge is 0.341 e. The Hall–Kier alpha value is -2.18. The largest absolute Gasteiger partial charge is 0.462 e. The van der Waals surface area contributed by atoms with Crippen LogP contribution >= 0.6 is 11.3 Å². The van der Waals surface area contributed by atoms with E-state index in [9.17, 15) is 9.59 Å². The van der Waals surface area contributed by atoms with Gasteiger partial charge in [0.25, 0.3) is 5.91 Å². The molecule has 1 aromatic heterocycles. The molecule has 0 aliphatic carbocycles. The minimum Gasteiger partial charge on any atom is -0.462 e. The molecule has 26 heavy (non-hydrogen) atoms. The highest BCUT2D eigenvalue weighted by molar-refractivity contribution is 7.17. The van der Waals surface area contributed by atoms with Crippen LogP contribution in [0.5, 0.6) is 0 Å². The van der Waals surface area contributed by atoms with Gasteiger partial charge in [-0.3, -0.25) is 9.69 Å². The van der Waals surface area contributed by atoms with E-state index in [1.54, 1.807) is 19.1 Å². The van der Waals surface area contributed by atoms with Gasteiger partial charge in [0.1, 0.15) is 5.00 Å². The Kier molecular flexibility index (Phi) is 5.74. The number of amides is 1. The van der Waals surface area contributed by atoms with Gasteiger partial charge in [0.2, 0.25) is 0 Å². The molecule has 1 N–H and O–H groups in total. The lowest BCUT2D eigenvalue weighted by atomic mass is 10.0. The van der Waals surface area contributed by atoms with Crippen LogP contribution in [0.3, 0.4) is 0 Å². The van der Waals surface area contributed by atoms with Crippen molar-refractivity contribution in [2.24, 2.45) is 0 Å². The Bertz CT molecular complexity index is 799. The summed E-state index contributed by atoms with van der Waals surface area (Å²) in [5.41, 5.74) is 2.12. The van der Waals surface area contributed by atoms with E-state index in [-0.39, 0.29) is 11.9 Å². The van der Waals surface area contributed by atoms with E-state index >= 15 is 0 Å². The van der Waals surface area contributed by atoms with Gasteiger partial charge in [0.15, 0.2) is 0 Å². The zero-order valence-corrected chi connectivity index (χ0v) is 16.2. The number of hydrogen-bond donors (Lipinski definition) is 1. The molecule has 0 radical (unpaired) electrons. The molecule has 0 unspecified atom stereocenters. The van der Waals surface area contributed by atoms with Gasteiger partial charge < -0.3 is 10.1 Å². The van der Waals surface area contributed by atoms with E-state index in [4.69, 9.17) is 4.74 Å². The second-order valence-electron chi connectivity index (χ2n) is 6.56. The monoisotopic (exact) mass is 372 g/mol. The number of ether oxygens (including phenoxy) is 1. The Morgan fingerprint density at radius 3 is 2.65 bits per heavy atom. The number of hydrogen-bond acceptors (Lipinski definition) is 5. The highest BCUT2D eigenvalue weighted by atomic mass is 32.1. The van der Waals surface area contributed by atoms with E-state index in [0.29, 0.717) is 28.8 Å². The summed E-state index contributed by atoms with van der Waals surface area (Å²) in [6, 6.07) is 9.47. The molecule has 138 valence electrons. The zero-order chi connectivity index (χ0) is 18.7. The minimum atomic E-state index is -0.355. The number of anilines is 1. The number of carbonyl (C=O) groups excluding carboxylic acids is 2. The molecule has 1 amide bonds. The fraction of sp³-hybridized carbons (Fsp3) is 0.400. The summed E-state index contributed by atoms with van der Waals surface area (Å²) in [7, 11) is 0. The quantitative estimate of drug-likeness (QED) is 0.808. The fourth-order valence-corrected chi connectivity index (χ4v) is 4.39. The number of nitrogens with zero attached hydrogens (tertiary/aromatic N) is 1. The molecule has 5 nitrogen and oxygen atoms in total. The first-order valence-electron chi connectivity index (χ1n) is 8.93. The Morgan fingerprint density at radius 1 is 1.27 bits per heavy atom. The number of benzene rings is 1. The molecular weight excluding hydrogens is 348 g/mol. The average molecular weight is 372 g/mol. The van der Waals surface area contributed by atoms with E-state index < -0.39 is 0 Å². The van der Waals surface area contributed by atoms with E-state index in [1.807, 2.05) is 18.2 Å². The van der Waals surface area contributed by atoms with Crippen molar-refractivity contribution in [3.63, 3.8) is 0 Å². The molecule has 0 saturated carbocycles. The number of fused-ring (bicyclic) bond motifs is 1. The van der Waals surface area contributed by atoms with Crippen LogP contribution in [-0.2, 0) is 17.7 Å². The Balaban J connectivity index is 1.93. The lowest BCUT2D eigenvalue weighted by molar-refractivity contribution is 0.0526. The third-order valence-electron chi connectivity index (χ3n) is 4.56. The van der Waals surface area contributed by atoms with Gasteiger partial charge in [-0.05, 0) is 44.9 Å². The van der Waals surface area contributed by atoms with Crippen LogP contribution in [0, 0.1) is 0 Å². The van der Waals surface area contributed by atoms with E-state index in [1.165, 1.54) is 11.3 Å². The summed E-state index contributed by atoms with van der Waals surface area (Å²) in [4.78, 5) is 28.6. The van der Waals surface area contributed by atoms with Crippen LogP contribution in [0.2, 0.25) is 0 Å². The molecule has 2 heterocycles. The number of rotatable bonds is 5. The predicted octanol–water partition coefficient (Wildman–Crippen LogP) is 3.94. The van der Waals surface area contributed by atoms with E-state index in [0.717, 1.165) is 30.0 Å². The van der Waals surface area contributed by atoms with Crippen LogP contribution in [0.25, 0.3) is 0 Å². The van der Waals surface area contributed by atoms with Crippen LogP contribution in [0.1, 0.15) is 51.9 Å². The molecule has 0 spiro atoms. The van der Waals surface area contributed by atoms with Crippen molar-refractivity contribution in [3.05, 3.63) is 51.9 Å². The Morgan fingerprint density at radius 2 is 2.00 bits per heavy atom. The van der Waals surface area contributed by atoms with Crippen molar-refractivity contribution in [1.29, 1.82) is 0 Å². The minimum absolute atomic E-state index is 0.213. The van der Waals surface area contributed by atoms with Crippen LogP contribution in [0.15, 0.2) is 30.3 Å². The van der Waals surface area contributed by atoms with Gasteiger partial charge in [-0.15, -0.1) is 11.3 Å². The molecule has 0 fully saturated rings. The zero-order valence-electron chi connectivity index (χ0n) is 15.4. The number of esters is 1. The highest BCUT2D eigenvalue weighted by Crippen LogP contribution is 2.38. The lowest BCUT2D eigenvalue weighted by Gasteiger charge is -2.30. The fourth-order valence-electron chi connectivity index (χ4n) is 3.14. The van der Waals surface area contributed by atoms with Crippen molar-refractivity contribution in [1.82, 2.24) is 4.90 Å². The summed E-state index contributed by atoms with van der Waals surface area (Å²) in [5.74, 6) is -0.568. The molecule has 0 saturated heterocycles. The second-order valence-corrected chi connectivity index (χ2v) is 7.67. The molecule has 3 rings (SSSR count). The summed E-state index contributed by atoms with van der Waals surface area (Å²) in [6.45, 7) is 8.14. The summed E-state index contributed by atoms with van der Waals surface area (Å²) < 4.78 is 5.26. The van der Waals surface area contributed by atoms with Gasteiger partial charge in [-0.1, -0.05) is 18.2 Å². The topological polar surface area (TPSA) is 58.6 Å². The first-order chi connectivity index (χ1) is 12.5. The SMILES string of the molecule is CCOC(=O)c1c(NC(=O)c2ccccc2)sc2c1CCN(C(C)C)C2. The van der Waals surface area contributed by atoms with Crippen LogP contribution in [-0.4, -0.2) is 36.0 Å². The maximum Gasteiger partial charge on any atom is 0.341 e. The standard InChI is InChI=1S/C20H24N2O3S/c1-4-25-20(24)17-15-10-11-22(13(2)3)12-16(15)26-19(17)21-18(23)14-8-6-5-7-9-14/h5-9,13H,4,10-12H2,1-3H3,(H,21,23). The lowest BCUT2D eigenvalue weighted by Crippen LogP contribution is -2.35. The van der Waals surface area contributed by atoms with Crippen molar-refractivity contribution in [2.75, 3.05) is 18.5 Å². The molecule has 1 aromatic carbocycles. The molecule has 2 aromatic rings. The number of nitrogens with one attached hydrogen (secondary N) is 1. The predicted molar refractivity (Wildman–Crippen MR) is 104 cm³/mol. The molecule has 6 heteroatoms. The van der Waals surface area contributed by atoms with E-state index in [2.05, 4.69) is 24.1 Å². The third kappa shape index (κ3) is 3.81. The van der Waals surface area contributed by atoms with Gasteiger partial charge in [-0.2, -0.15) is 0 Å². The first-order valence-corrected chi connectivity index (χ1v) is 9.75. The van der Waals surface area contributed by atoms with Gasteiger partial charge in [0, 0.05) is 29.6 Å².